The van der Waals surface area contributed by atoms with Crippen molar-refractivity contribution in [2.24, 2.45) is 5.14 Å². The Bertz CT molecular complexity index is 1220. The Morgan fingerprint density at radius 3 is 2.58 bits per heavy atom. The van der Waals surface area contributed by atoms with E-state index in [-0.39, 0.29) is 16.3 Å². The van der Waals surface area contributed by atoms with Crippen LogP contribution in [0.5, 0.6) is 0 Å². The van der Waals surface area contributed by atoms with Gasteiger partial charge in [0.15, 0.2) is 0 Å². The number of pyridine rings is 1. The van der Waals surface area contributed by atoms with E-state index in [1.807, 2.05) is 30.3 Å². The highest BCUT2D eigenvalue weighted by Gasteiger charge is 2.26. The summed E-state index contributed by atoms with van der Waals surface area (Å²) in [5, 5.41) is 20.2. The minimum Gasteiger partial charge on any atom is -0.256 e. The zero-order valence-corrected chi connectivity index (χ0v) is 15.5. The first-order valence-corrected chi connectivity index (χ1v) is 9.74. The fraction of sp³-hybridized carbons (Fsp3) is 0. The molecule has 0 atom stereocenters. The molecule has 4 aromatic rings. The van der Waals surface area contributed by atoms with Crippen LogP contribution < -0.4 is 5.14 Å². The van der Waals surface area contributed by atoms with Crippen molar-refractivity contribution in [1.29, 1.82) is 0 Å². The Morgan fingerprint density at radius 1 is 1.04 bits per heavy atom. The Labute approximate surface area is 156 Å². The van der Waals surface area contributed by atoms with Gasteiger partial charge >= 0.3 is 0 Å². The molecule has 2 aromatic heterocycles. The van der Waals surface area contributed by atoms with E-state index in [2.05, 4.69) is 41.5 Å². The first-order chi connectivity index (χ1) is 12.5. The molecule has 26 heavy (non-hydrogen) atoms. The summed E-state index contributed by atoms with van der Waals surface area (Å²) in [4.78, 5) is 4.25. The van der Waals surface area contributed by atoms with Crippen LogP contribution in [0.1, 0.15) is 0 Å². The topological polar surface area (TPSA) is 128 Å². The molecular formula is C16H11BrN6O2S. The number of rotatable bonds is 3. The maximum absolute atomic E-state index is 12.3. The smallest absolute Gasteiger partial charge is 0.239 e. The van der Waals surface area contributed by atoms with E-state index in [0.29, 0.717) is 10.0 Å². The predicted molar refractivity (Wildman–Crippen MR) is 99.4 cm³/mol. The fourth-order valence-corrected chi connectivity index (χ4v) is 4.71. The molecule has 0 aliphatic heterocycles. The minimum atomic E-state index is -4.06. The summed E-state index contributed by atoms with van der Waals surface area (Å²) < 4.78 is 24.9. The first-order valence-electron chi connectivity index (χ1n) is 7.40. The molecule has 0 aliphatic carbocycles. The highest BCUT2D eigenvalue weighted by Crippen LogP contribution is 2.40. The monoisotopic (exact) mass is 430 g/mol. The van der Waals surface area contributed by atoms with Crippen molar-refractivity contribution in [2.45, 2.75) is 4.90 Å². The summed E-state index contributed by atoms with van der Waals surface area (Å²) in [6, 6.07) is 12.8. The maximum atomic E-state index is 12.3. The summed E-state index contributed by atoms with van der Waals surface area (Å²) in [5.41, 5.74) is 2.45. The molecule has 0 fully saturated rings. The quantitative estimate of drug-likeness (QED) is 0.513. The van der Waals surface area contributed by atoms with E-state index < -0.39 is 10.0 Å². The normalized spacial score (nSPS) is 11.8. The second-order valence-corrected chi connectivity index (χ2v) is 7.81. The third-order valence-corrected chi connectivity index (χ3v) is 5.82. The van der Waals surface area contributed by atoms with Gasteiger partial charge in [-0.1, -0.05) is 24.3 Å². The van der Waals surface area contributed by atoms with Crippen LogP contribution in [0, 0.1) is 0 Å². The molecule has 0 spiro atoms. The number of nitrogens with two attached hydrogens (primary N) is 1. The van der Waals surface area contributed by atoms with E-state index in [1.54, 1.807) is 18.3 Å². The molecular weight excluding hydrogens is 420 g/mol. The van der Waals surface area contributed by atoms with Crippen molar-refractivity contribution in [1.82, 2.24) is 25.6 Å². The number of hydrogen-bond acceptors (Lipinski definition) is 6. The van der Waals surface area contributed by atoms with E-state index in [1.165, 1.54) is 0 Å². The van der Waals surface area contributed by atoms with Crippen molar-refractivity contribution in [3.05, 3.63) is 53.1 Å². The third kappa shape index (κ3) is 2.77. The first kappa shape index (κ1) is 16.8. The van der Waals surface area contributed by atoms with Gasteiger partial charge in [0.1, 0.15) is 4.90 Å². The number of tetrazole rings is 1. The molecule has 0 amide bonds. The molecule has 0 aliphatic rings. The van der Waals surface area contributed by atoms with Crippen LogP contribution in [0.3, 0.4) is 0 Å². The lowest BCUT2D eigenvalue weighted by molar-refractivity contribution is 0.597. The molecule has 4 rings (SSSR count). The van der Waals surface area contributed by atoms with Gasteiger partial charge in [-0.3, -0.25) is 4.98 Å². The fourth-order valence-electron chi connectivity index (χ4n) is 2.88. The Hall–Kier alpha value is -2.69. The maximum Gasteiger partial charge on any atom is 0.239 e. The summed E-state index contributed by atoms with van der Waals surface area (Å²) >= 11 is 3.27. The highest BCUT2D eigenvalue weighted by molar-refractivity contribution is 9.10. The summed E-state index contributed by atoms with van der Waals surface area (Å²) in [7, 11) is -4.06. The van der Waals surface area contributed by atoms with Crippen molar-refractivity contribution in [3.63, 3.8) is 0 Å². The average Bonchev–Trinajstić information content (AvgIpc) is 3.14. The molecule has 0 radical (unpaired) electrons. The van der Waals surface area contributed by atoms with Crippen molar-refractivity contribution in [3.8, 4) is 22.5 Å². The number of para-hydroxylation sites is 1. The molecule has 2 heterocycles. The van der Waals surface area contributed by atoms with E-state index in [9.17, 15) is 8.42 Å². The van der Waals surface area contributed by atoms with Gasteiger partial charge in [0.25, 0.3) is 0 Å². The number of aromatic amines is 1. The molecule has 0 saturated carbocycles. The van der Waals surface area contributed by atoms with E-state index >= 15 is 0 Å². The van der Waals surface area contributed by atoms with Crippen molar-refractivity contribution < 1.29 is 8.42 Å². The van der Waals surface area contributed by atoms with Gasteiger partial charge in [0, 0.05) is 16.1 Å². The van der Waals surface area contributed by atoms with Gasteiger partial charge in [0.05, 0.1) is 11.1 Å². The number of sulfonamides is 1. The van der Waals surface area contributed by atoms with Crippen LogP contribution in [0.15, 0.2) is 58.0 Å². The SMILES string of the molecule is NS(=O)(=O)c1c(Br)ccc(-c2ccnc3ccccc23)c1-c1nn[nH]n1. The standard InChI is InChI=1S/C16H11BrN6O2S/c17-12-6-5-11(9-7-8-19-13-4-2-1-3-10(9)13)14(15(12)26(18,24)25)16-20-22-23-21-16/h1-8H,(H2,18,24,25)(H,20,21,22,23). The summed E-state index contributed by atoms with van der Waals surface area (Å²) in [5.74, 6) is 0.131. The molecule has 0 saturated heterocycles. The zero-order valence-electron chi connectivity index (χ0n) is 13.1. The van der Waals surface area contributed by atoms with E-state index in [4.69, 9.17) is 5.14 Å². The largest absolute Gasteiger partial charge is 0.256 e. The number of primary sulfonamides is 1. The molecule has 2 aromatic carbocycles. The molecule has 130 valence electrons. The van der Waals surface area contributed by atoms with Crippen molar-refractivity contribution in [2.75, 3.05) is 0 Å². The van der Waals surface area contributed by atoms with Crippen LogP contribution >= 0.6 is 15.9 Å². The van der Waals surface area contributed by atoms with Gasteiger partial charge in [-0.2, -0.15) is 5.21 Å². The molecule has 0 bridgehead atoms. The van der Waals surface area contributed by atoms with Crippen LogP contribution in [-0.2, 0) is 10.0 Å². The van der Waals surface area contributed by atoms with Gasteiger partial charge in [-0.25, -0.2) is 13.6 Å². The average molecular weight is 431 g/mol. The van der Waals surface area contributed by atoms with Crippen LogP contribution in [0.2, 0.25) is 0 Å². The number of fused-ring (bicyclic) bond motifs is 1. The molecule has 3 N–H and O–H groups in total. The van der Waals surface area contributed by atoms with E-state index in [0.717, 1.165) is 16.5 Å². The number of halogens is 1. The lowest BCUT2D eigenvalue weighted by Crippen LogP contribution is -2.15. The Morgan fingerprint density at radius 2 is 1.85 bits per heavy atom. The number of benzene rings is 2. The lowest BCUT2D eigenvalue weighted by atomic mass is 9.96. The second-order valence-electron chi connectivity index (χ2n) is 5.46. The molecule has 8 nitrogen and oxygen atoms in total. The number of nitrogens with zero attached hydrogens (tertiary/aromatic N) is 4. The Kier molecular flexibility index (Phi) is 4.02. The minimum absolute atomic E-state index is 0.0997. The third-order valence-electron chi connectivity index (χ3n) is 3.90. The molecule has 0 unspecified atom stereocenters. The van der Waals surface area contributed by atoms with Crippen LogP contribution in [0.4, 0.5) is 0 Å². The number of hydrogen-bond donors (Lipinski definition) is 2. The van der Waals surface area contributed by atoms with Crippen molar-refractivity contribution >= 4 is 36.9 Å². The van der Waals surface area contributed by atoms with Gasteiger partial charge < -0.3 is 0 Å². The predicted octanol–water partition coefficient (Wildman–Crippen LogP) is 2.49. The van der Waals surface area contributed by atoms with Crippen LogP contribution in [-0.4, -0.2) is 34.0 Å². The van der Waals surface area contributed by atoms with Gasteiger partial charge in [-0.05, 0) is 50.5 Å². The number of H-pyrrole nitrogens is 1. The number of nitrogens with one attached hydrogen (secondary N) is 1. The molecule has 10 heteroatoms. The number of aromatic nitrogens is 5. The van der Waals surface area contributed by atoms with Gasteiger partial charge in [0.2, 0.25) is 15.8 Å². The second kappa shape index (κ2) is 6.24. The Balaban J connectivity index is 2.16. The van der Waals surface area contributed by atoms with Gasteiger partial charge in [-0.15, -0.1) is 10.2 Å². The summed E-state index contributed by atoms with van der Waals surface area (Å²) in [6.07, 6.45) is 1.66. The summed E-state index contributed by atoms with van der Waals surface area (Å²) in [6.45, 7) is 0. The lowest BCUT2D eigenvalue weighted by Gasteiger charge is -2.14. The van der Waals surface area contributed by atoms with Crippen LogP contribution in [0.25, 0.3) is 33.4 Å². The zero-order chi connectivity index (χ0) is 18.3. The highest BCUT2D eigenvalue weighted by atomic mass is 79.9.